The van der Waals surface area contributed by atoms with Crippen LogP contribution in [0.5, 0.6) is 0 Å². The molecule has 0 aromatic heterocycles. The largest absolute Gasteiger partial charge is 0.314 e. The van der Waals surface area contributed by atoms with Gasteiger partial charge in [0.1, 0.15) is 6.54 Å². The summed E-state index contributed by atoms with van der Waals surface area (Å²) in [6, 6.07) is 22.6. The highest BCUT2D eigenvalue weighted by Gasteiger charge is 2.28. The average molecular weight is 473 g/mol. The molecule has 0 saturated heterocycles. The van der Waals surface area contributed by atoms with Crippen molar-refractivity contribution < 1.29 is 13.2 Å². The van der Waals surface area contributed by atoms with Gasteiger partial charge in [-0.3, -0.25) is 9.10 Å². The van der Waals surface area contributed by atoms with Crippen LogP contribution in [0.1, 0.15) is 5.56 Å². The van der Waals surface area contributed by atoms with E-state index in [2.05, 4.69) is 15.9 Å². The molecule has 3 aromatic rings. The van der Waals surface area contributed by atoms with E-state index in [1.165, 1.54) is 4.90 Å². The molecule has 0 radical (unpaired) electrons. The summed E-state index contributed by atoms with van der Waals surface area (Å²) in [5.41, 5.74) is 2.07. The van der Waals surface area contributed by atoms with Crippen molar-refractivity contribution in [3.05, 3.63) is 88.9 Å². The topological polar surface area (TPSA) is 57.7 Å². The van der Waals surface area contributed by atoms with Crippen molar-refractivity contribution in [2.45, 2.75) is 11.8 Å². The Morgan fingerprint density at radius 3 is 2.03 bits per heavy atom. The molecule has 0 bridgehead atoms. The number of amides is 1. The molecule has 0 aliphatic carbocycles. The Morgan fingerprint density at radius 1 is 0.862 bits per heavy atom. The summed E-state index contributed by atoms with van der Waals surface area (Å²) in [5.74, 6) is -0.338. The fraction of sp³-hybridized carbons (Fsp3) is 0.136. The van der Waals surface area contributed by atoms with Crippen LogP contribution >= 0.6 is 15.9 Å². The number of rotatable bonds is 6. The molecule has 0 aliphatic heterocycles. The highest BCUT2D eigenvalue weighted by molar-refractivity contribution is 9.10. The molecule has 150 valence electrons. The van der Waals surface area contributed by atoms with Gasteiger partial charge in [-0.15, -0.1) is 0 Å². The van der Waals surface area contributed by atoms with Gasteiger partial charge < -0.3 is 4.90 Å². The van der Waals surface area contributed by atoms with Gasteiger partial charge in [0.2, 0.25) is 5.91 Å². The average Bonchev–Trinajstić information content (AvgIpc) is 2.73. The van der Waals surface area contributed by atoms with E-state index in [9.17, 15) is 13.2 Å². The molecule has 0 heterocycles. The SMILES string of the molecule is Cc1ccc(S(=O)(=O)N(CC(=O)N(C)c2ccccc2)c2ccc(Br)cc2)cc1. The van der Waals surface area contributed by atoms with Crippen LogP contribution in [0.2, 0.25) is 0 Å². The summed E-state index contributed by atoms with van der Waals surface area (Å²) < 4.78 is 28.7. The van der Waals surface area contributed by atoms with Gasteiger partial charge in [-0.05, 0) is 55.5 Å². The summed E-state index contributed by atoms with van der Waals surface area (Å²) in [5, 5.41) is 0. The highest BCUT2D eigenvalue weighted by Crippen LogP contribution is 2.26. The van der Waals surface area contributed by atoms with Crippen molar-refractivity contribution in [1.82, 2.24) is 0 Å². The lowest BCUT2D eigenvalue weighted by atomic mass is 10.2. The smallest absolute Gasteiger partial charge is 0.264 e. The van der Waals surface area contributed by atoms with Gasteiger partial charge in [0.05, 0.1) is 10.6 Å². The quantitative estimate of drug-likeness (QED) is 0.525. The summed E-state index contributed by atoms with van der Waals surface area (Å²) >= 11 is 3.36. The van der Waals surface area contributed by atoms with Crippen molar-refractivity contribution in [3.8, 4) is 0 Å². The molecule has 3 rings (SSSR count). The van der Waals surface area contributed by atoms with Crippen LogP contribution in [0.3, 0.4) is 0 Å². The monoisotopic (exact) mass is 472 g/mol. The number of aryl methyl sites for hydroxylation is 1. The summed E-state index contributed by atoms with van der Waals surface area (Å²) in [6.45, 7) is 1.57. The minimum absolute atomic E-state index is 0.140. The fourth-order valence-electron chi connectivity index (χ4n) is 2.78. The molecule has 29 heavy (non-hydrogen) atoms. The van der Waals surface area contributed by atoms with E-state index in [0.29, 0.717) is 11.4 Å². The number of halogens is 1. The highest BCUT2D eigenvalue weighted by atomic mass is 79.9. The van der Waals surface area contributed by atoms with Crippen LogP contribution in [0.4, 0.5) is 11.4 Å². The molecule has 7 heteroatoms. The van der Waals surface area contributed by atoms with Crippen molar-refractivity contribution in [2.24, 2.45) is 0 Å². The first-order valence-corrected chi connectivity index (χ1v) is 11.2. The van der Waals surface area contributed by atoms with Crippen LogP contribution in [-0.2, 0) is 14.8 Å². The van der Waals surface area contributed by atoms with Crippen molar-refractivity contribution in [1.29, 1.82) is 0 Å². The van der Waals surface area contributed by atoms with Crippen molar-refractivity contribution in [3.63, 3.8) is 0 Å². The Bertz CT molecular complexity index is 1080. The predicted molar refractivity (Wildman–Crippen MR) is 120 cm³/mol. The lowest BCUT2D eigenvalue weighted by molar-refractivity contribution is -0.116. The van der Waals surface area contributed by atoms with Gasteiger partial charge in [0.25, 0.3) is 10.0 Å². The molecule has 1 amide bonds. The normalized spacial score (nSPS) is 11.1. The van der Waals surface area contributed by atoms with Gasteiger partial charge in [-0.1, -0.05) is 51.8 Å². The maximum absolute atomic E-state index is 13.4. The minimum Gasteiger partial charge on any atom is -0.314 e. The summed E-state index contributed by atoms with van der Waals surface area (Å²) in [7, 11) is -2.29. The zero-order valence-corrected chi connectivity index (χ0v) is 18.5. The zero-order chi connectivity index (χ0) is 21.0. The lowest BCUT2D eigenvalue weighted by Crippen LogP contribution is -2.41. The molecule has 0 spiro atoms. The molecular formula is C22H21BrN2O3S. The maximum atomic E-state index is 13.4. The third kappa shape index (κ3) is 4.86. The number of para-hydroxylation sites is 1. The van der Waals surface area contributed by atoms with Crippen LogP contribution < -0.4 is 9.21 Å². The summed E-state index contributed by atoms with van der Waals surface area (Å²) in [6.07, 6.45) is 0. The third-order valence-corrected chi connectivity index (χ3v) is 6.84. The number of benzene rings is 3. The second-order valence-corrected chi connectivity index (χ2v) is 9.37. The van der Waals surface area contributed by atoms with Crippen molar-refractivity contribution in [2.75, 3.05) is 22.8 Å². The van der Waals surface area contributed by atoms with E-state index < -0.39 is 10.0 Å². The first-order chi connectivity index (χ1) is 13.8. The first kappa shape index (κ1) is 21.1. The van der Waals surface area contributed by atoms with E-state index in [0.717, 1.165) is 14.3 Å². The number of carbonyl (C=O) groups excluding carboxylic acids is 1. The maximum Gasteiger partial charge on any atom is 0.264 e. The number of anilines is 2. The Hall–Kier alpha value is -2.64. The Morgan fingerprint density at radius 2 is 1.45 bits per heavy atom. The second kappa shape index (κ2) is 8.80. The lowest BCUT2D eigenvalue weighted by Gasteiger charge is -2.27. The fourth-order valence-corrected chi connectivity index (χ4v) is 4.46. The van der Waals surface area contributed by atoms with E-state index in [-0.39, 0.29) is 17.3 Å². The molecule has 0 aliphatic rings. The Balaban J connectivity index is 1.98. The van der Waals surface area contributed by atoms with Gasteiger partial charge in [0.15, 0.2) is 0 Å². The van der Waals surface area contributed by atoms with Crippen LogP contribution in [0.25, 0.3) is 0 Å². The van der Waals surface area contributed by atoms with Crippen LogP contribution in [0.15, 0.2) is 88.2 Å². The molecule has 5 nitrogen and oxygen atoms in total. The second-order valence-electron chi connectivity index (χ2n) is 6.59. The van der Waals surface area contributed by atoms with E-state index in [4.69, 9.17) is 0 Å². The van der Waals surface area contributed by atoms with Gasteiger partial charge >= 0.3 is 0 Å². The Kier molecular flexibility index (Phi) is 6.39. The number of hydrogen-bond acceptors (Lipinski definition) is 3. The number of sulfonamides is 1. The standard InChI is InChI=1S/C22H21BrN2O3S/c1-17-8-14-21(15-9-17)29(27,28)25(20-12-10-18(23)11-13-20)16-22(26)24(2)19-6-4-3-5-7-19/h3-15H,16H2,1-2H3. The van der Waals surface area contributed by atoms with Crippen molar-refractivity contribution >= 4 is 43.2 Å². The molecule has 0 N–H and O–H groups in total. The number of likely N-dealkylation sites (N-methyl/N-ethyl adjacent to an activating group) is 1. The zero-order valence-electron chi connectivity index (χ0n) is 16.1. The third-order valence-electron chi connectivity index (χ3n) is 4.52. The minimum atomic E-state index is -3.92. The van der Waals surface area contributed by atoms with E-state index in [1.807, 2.05) is 25.1 Å². The van der Waals surface area contributed by atoms with E-state index in [1.54, 1.807) is 67.7 Å². The predicted octanol–water partition coefficient (Wildman–Crippen LogP) is 4.62. The number of hydrogen-bond donors (Lipinski definition) is 0. The first-order valence-electron chi connectivity index (χ1n) is 8.95. The van der Waals surface area contributed by atoms with Gasteiger partial charge in [-0.2, -0.15) is 0 Å². The van der Waals surface area contributed by atoms with Crippen LogP contribution in [0, 0.1) is 6.92 Å². The van der Waals surface area contributed by atoms with Gasteiger partial charge in [0, 0.05) is 17.2 Å². The molecular weight excluding hydrogens is 452 g/mol. The van der Waals surface area contributed by atoms with Gasteiger partial charge in [-0.25, -0.2) is 8.42 Å². The van der Waals surface area contributed by atoms with E-state index >= 15 is 0 Å². The number of nitrogens with zero attached hydrogens (tertiary/aromatic N) is 2. The molecule has 0 unspecified atom stereocenters. The number of carbonyl (C=O) groups is 1. The summed E-state index contributed by atoms with van der Waals surface area (Å²) in [4.78, 5) is 14.5. The Labute approximate surface area is 179 Å². The molecule has 0 atom stereocenters. The van der Waals surface area contributed by atoms with Crippen LogP contribution in [-0.4, -0.2) is 27.9 Å². The molecule has 0 fully saturated rings. The molecule has 0 saturated carbocycles. The molecule has 3 aromatic carbocycles.